The maximum absolute atomic E-state index is 12.8. The van der Waals surface area contributed by atoms with Gasteiger partial charge >= 0.3 is 0 Å². The highest BCUT2D eigenvalue weighted by Crippen LogP contribution is 2.40. The van der Waals surface area contributed by atoms with Crippen LogP contribution in [0, 0.1) is 0 Å². The van der Waals surface area contributed by atoms with Crippen molar-refractivity contribution in [3.63, 3.8) is 0 Å². The number of carbonyl (C=O) groups is 2. The molecular formula is C22H33N3O2. The molecule has 0 aromatic heterocycles. The van der Waals surface area contributed by atoms with Crippen molar-refractivity contribution in [1.82, 2.24) is 15.1 Å². The van der Waals surface area contributed by atoms with Gasteiger partial charge in [-0.05, 0) is 64.0 Å². The van der Waals surface area contributed by atoms with Gasteiger partial charge in [0.1, 0.15) is 0 Å². The summed E-state index contributed by atoms with van der Waals surface area (Å²) in [6.45, 7) is 6.34. The van der Waals surface area contributed by atoms with Crippen LogP contribution in [0.2, 0.25) is 0 Å². The number of fused-ring (bicyclic) bond motifs is 1. The Labute approximate surface area is 163 Å². The molecule has 0 bridgehead atoms. The Kier molecular flexibility index (Phi) is 5.89. The van der Waals surface area contributed by atoms with Crippen LogP contribution in [-0.2, 0) is 16.0 Å². The van der Waals surface area contributed by atoms with E-state index in [4.69, 9.17) is 0 Å². The number of aryl methyl sites for hydroxylation is 1. The topological polar surface area (TPSA) is 52.7 Å². The Balaban J connectivity index is 1.65. The molecule has 1 N–H and O–H groups in total. The number of hydrogen-bond acceptors (Lipinski definition) is 3. The van der Waals surface area contributed by atoms with Crippen molar-refractivity contribution in [1.29, 1.82) is 0 Å². The molecular weight excluding hydrogens is 338 g/mol. The summed E-state index contributed by atoms with van der Waals surface area (Å²) in [5, 5.41) is 2.92. The highest BCUT2D eigenvalue weighted by Gasteiger charge is 2.37. The third-order valence-electron chi connectivity index (χ3n) is 5.39. The Morgan fingerprint density at radius 2 is 1.81 bits per heavy atom. The van der Waals surface area contributed by atoms with E-state index in [0.717, 1.165) is 12.8 Å². The summed E-state index contributed by atoms with van der Waals surface area (Å²) in [6, 6.07) is 9.48. The second-order valence-electron chi connectivity index (χ2n) is 9.06. The van der Waals surface area contributed by atoms with Crippen molar-refractivity contribution in [3.05, 3.63) is 35.4 Å². The molecule has 2 aliphatic rings. The highest BCUT2D eigenvalue weighted by atomic mass is 16.2. The minimum atomic E-state index is -0.285. The van der Waals surface area contributed by atoms with Crippen LogP contribution in [0.4, 0.5) is 0 Å². The van der Waals surface area contributed by atoms with Crippen molar-refractivity contribution in [3.8, 4) is 0 Å². The maximum atomic E-state index is 12.8. The zero-order valence-electron chi connectivity index (χ0n) is 17.1. The fourth-order valence-corrected chi connectivity index (χ4v) is 4.01. The molecule has 0 spiro atoms. The lowest BCUT2D eigenvalue weighted by Gasteiger charge is -2.36. The summed E-state index contributed by atoms with van der Waals surface area (Å²) < 4.78 is 0. The molecule has 1 fully saturated rings. The van der Waals surface area contributed by atoms with Crippen molar-refractivity contribution in [2.75, 3.05) is 20.1 Å². The molecule has 0 radical (unpaired) electrons. The van der Waals surface area contributed by atoms with Crippen molar-refractivity contribution in [2.24, 2.45) is 0 Å². The van der Waals surface area contributed by atoms with Gasteiger partial charge in [-0.2, -0.15) is 0 Å². The molecule has 0 unspecified atom stereocenters. The summed E-state index contributed by atoms with van der Waals surface area (Å²) in [5.74, 6) is -0.0895. The molecule has 0 aliphatic heterocycles. The van der Waals surface area contributed by atoms with E-state index in [1.54, 1.807) is 11.9 Å². The Bertz CT molecular complexity index is 691. The van der Waals surface area contributed by atoms with Gasteiger partial charge < -0.3 is 10.2 Å². The van der Waals surface area contributed by atoms with E-state index < -0.39 is 0 Å². The third kappa shape index (κ3) is 5.32. The van der Waals surface area contributed by atoms with Crippen molar-refractivity contribution < 1.29 is 9.59 Å². The normalized spacial score (nSPS) is 19.5. The number of amides is 2. The number of nitrogens with zero attached hydrogens (tertiary/aromatic N) is 2. The minimum absolute atomic E-state index is 0.0222. The lowest BCUT2D eigenvalue weighted by molar-refractivity contribution is -0.136. The number of benzene rings is 1. The third-order valence-corrected chi connectivity index (χ3v) is 5.39. The summed E-state index contributed by atoms with van der Waals surface area (Å²) in [6.07, 6.45) is 5.74. The molecule has 1 atom stereocenters. The number of likely N-dealkylation sites (N-methyl/N-ethyl adjacent to an activating group) is 1. The Morgan fingerprint density at radius 1 is 1.11 bits per heavy atom. The minimum Gasteiger partial charge on any atom is -0.350 e. The van der Waals surface area contributed by atoms with E-state index >= 15 is 0 Å². The van der Waals surface area contributed by atoms with Crippen LogP contribution in [-0.4, -0.2) is 53.3 Å². The second kappa shape index (κ2) is 8.01. The van der Waals surface area contributed by atoms with Crippen LogP contribution in [0.25, 0.3) is 0 Å². The predicted molar refractivity (Wildman–Crippen MR) is 107 cm³/mol. The van der Waals surface area contributed by atoms with Gasteiger partial charge in [-0.15, -0.1) is 0 Å². The maximum Gasteiger partial charge on any atom is 0.240 e. The van der Waals surface area contributed by atoms with E-state index in [0.29, 0.717) is 18.6 Å². The number of hydrogen-bond donors (Lipinski definition) is 1. The van der Waals surface area contributed by atoms with Gasteiger partial charge in [0.2, 0.25) is 11.8 Å². The molecule has 0 saturated heterocycles. The monoisotopic (exact) mass is 371 g/mol. The van der Waals surface area contributed by atoms with Gasteiger partial charge in [0.05, 0.1) is 13.1 Å². The average molecular weight is 372 g/mol. The number of rotatable bonds is 6. The molecule has 2 amide bonds. The van der Waals surface area contributed by atoms with E-state index in [1.807, 2.05) is 20.8 Å². The van der Waals surface area contributed by atoms with Crippen LogP contribution < -0.4 is 5.32 Å². The zero-order chi connectivity index (χ0) is 19.6. The first-order chi connectivity index (χ1) is 12.7. The van der Waals surface area contributed by atoms with Gasteiger partial charge in [-0.3, -0.25) is 14.5 Å². The first-order valence-corrected chi connectivity index (χ1v) is 10.1. The summed E-state index contributed by atoms with van der Waals surface area (Å²) in [4.78, 5) is 28.9. The Morgan fingerprint density at radius 3 is 2.48 bits per heavy atom. The second-order valence-corrected chi connectivity index (χ2v) is 9.06. The predicted octanol–water partition coefficient (Wildman–Crippen LogP) is 2.90. The van der Waals surface area contributed by atoms with Crippen LogP contribution >= 0.6 is 0 Å². The summed E-state index contributed by atoms with van der Waals surface area (Å²) in [5.41, 5.74) is 2.52. The van der Waals surface area contributed by atoms with E-state index in [9.17, 15) is 9.59 Å². The summed E-state index contributed by atoms with van der Waals surface area (Å²) in [7, 11) is 1.73. The standard InChI is InChI=1S/C22H33N3O2/c1-22(2,3)23-20(26)14-24(4)21(27)15-25(17-12-13-17)19-11-7-9-16-8-5-6-10-18(16)19/h5-6,8,10,17,19H,7,9,11-15H2,1-4H3,(H,23,26)/t19-/m1/s1. The van der Waals surface area contributed by atoms with Gasteiger partial charge in [0, 0.05) is 24.7 Å². The molecule has 1 aromatic rings. The van der Waals surface area contributed by atoms with Gasteiger partial charge in [-0.1, -0.05) is 24.3 Å². The van der Waals surface area contributed by atoms with E-state index in [2.05, 4.69) is 34.5 Å². The fraction of sp³-hybridized carbons (Fsp3) is 0.636. The van der Waals surface area contributed by atoms with Crippen LogP contribution in [0.1, 0.15) is 63.6 Å². The van der Waals surface area contributed by atoms with Crippen LogP contribution in [0.5, 0.6) is 0 Å². The van der Waals surface area contributed by atoms with Gasteiger partial charge in [0.15, 0.2) is 0 Å². The zero-order valence-corrected chi connectivity index (χ0v) is 17.1. The molecule has 148 valence electrons. The number of carbonyl (C=O) groups excluding carboxylic acids is 2. The first kappa shape index (κ1) is 19.9. The fourth-order valence-electron chi connectivity index (χ4n) is 4.01. The van der Waals surface area contributed by atoms with Crippen LogP contribution in [0.15, 0.2) is 24.3 Å². The molecule has 2 aliphatic carbocycles. The largest absolute Gasteiger partial charge is 0.350 e. The van der Waals surface area contributed by atoms with Crippen molar-refractivity contribution in [2.45, 2.75) is 70.5 Å². The van der Waals surface area contributed by atoms with E-state index in [1.165, 1.54) is 30.4 Å². The van der Waals surface area contributed by atoms with Gasteiger partial charge in [-0.25, -0.2) is 0 Å². The lowest BCUT2D eigenvalue weighted by Crippen LogP contribution is -2.48. The Hall–Kier alpha value is -1.88. The van der Waals surface area contributed by atoms with E-state index in [-0.39, 0.29) is 23.9 Å². The van der Waals surface area contributed by atoms with Gasteiger partial charge in [0.25, 0.3) is 0 Å². The van der Waals surface area contributed by atoms with Crippen LogP contribution in [0.3, 0.4) is 0 Å². The quantitative estimate of drug-likeness (QED) is 0.837. The molecule has 1 aromatic carbocycles. The lowest BCUT2D eigenvalue weighted by atomic mass is 9.86. The SMILES string of the molecule is CN(CC(=O)NC(C)(C)C)C(=O)CN(C1CC1)[C@@H]1CCCc2ccccc21. The van der Waals surface area contributed by atoms with Crippen molar-refractivity contribution >= 4 is 11.8 Å². The molecule has 3 rings (SSSR count). The average Bonchev–Trinajstić information content (AvgIpc) is 3.42. The highest BCUT2D eigenvalue weighted by molar-refractivity contribution is 5.85. The summed E-state index contributed by atoms with van der Waals surface area (Å²) >= 11 is 0. The molecule has 5 nitrogen and oxygen atoms in total. The molecule has 1 saturated carbocycles. The molecule has 0 heterocycles. The molecule has 5 heteroatoms. The smallest absolute Gasteiger partial charge is 0.240 e. The first-order valence-electron chi connectivity index (χ1n) is 10.1. The molecule has 27 heavy (non-hydrogen) atoms. The number of nitrogens with one attached hydrogen (secondary N) is 1.